The van der Waals surface area contributed by atoms with Crippen LogP contribution in [0.25, 0.3) is 0 Å². The Morgan fingerprint density at radius 1 is 0.886 bits per heavy atom. The van der Waals surface area contributed by atoms with Gasteiger partial charge in [-0.3, -0.25) is 0 Å². The van der Waals surface area contributed by atoms with Crippen molar-refractivity contribution in [2.75, 3.05) is 19.8 Å². The first kappa shape index (κ1) is 37.2. The molecule has 0 saturated carbocycles. The summed E-state index contributed by atoms with van der Waals surface area (Å²) < 4.78 is 22.2. The molecular formula is C26H45NO17. The smallest absolute Gasteiger partial charge is 0.187 e. The van der Waals surface area contributed by atoms with E-state index in [4.69, 9.17) is 18.9 Å². The van der Waals surface area contributed by atoms with Crippen LogP contribution in [-0.2, 0) is 23.7 Å². The highest BCUT2D eigenvalue weighted by molar-refractivity contribution is 5.56. The lowest BCUT2D eigenvalue weighted by atomic mass is 9.86. The molecule has 3 rings (SSSR count). The van der Waals surface area contributed by atoms with Crippen LogP contribution in [0.5, 0.6) is 0 Å². The zero-order valence-corrected chi connectivity index (χ0v) is 24.1. The number of aliphatic hydroxyl groups excluding tert-OH is 12. The van der Waals surface area contributed by atoms with E-state index in [1.54, 1.807) is 6.92 Å². The van der Waals surface area contributed by atoms with Gasteiger partial charge in [-0.05, 0) is 12.5 Å². The van der Waals surface area contributed by atoms with Crippen LogP contribution in [0.2, 0.25) is 0 Å². The summed E-state index contributed by atoms with van der Waals surface area (Å²) in [7, 11) is 0. The van der Waals surface area contributed by atoms with Crippen LogP contribution in [0.4, 0.5) is 0 Å². The molecule has 13 N–H and O–H groups in total. The Bertz CT molecular complexity index is 942. The molecule has 0 aromatic carbocycles. The number of carbonyl (C=O) groups is 1. The average Bonchev–Trinajstić information content (AvgIpc) is 3.02. The molecule has 0 amide bonds. The van der Waals surface area contributed by atoms with Crippen LogP contribution in [0.15, 0.2) is 11.6 Å². The normalized spacial score (nSPS) is 44.4. The molecule has 3 aliphatic rings. The van der Waals surface area contributed by atoms with Gasteiger partial charge in [0.25, 0.3) is 0 Å². The van der Waals surface area contributed by atoms with Crippen molar-refractivity contribution < 1.29 is 85.0 Å². The van der Waals surface area contributed by atoms with Gasteiger partial charge >= 0.3 is 0 Å². The molecule has 2 fully saturated rings. The zero-order valence-electron chi connectivity index (χ0n) is 24.1. The summed E-state index contributed by atoms with van der Waals surface area (Å²) in [6.45, 7) is 0.822. The summed E-state index contributed by atoms with van der Waals surface area (Å²) in [4.78, 5) is 10.9. The van der Waals surface area contributed by atoms with E-state index in [1.807, 2.05) is 0 Å². The minimum Gasteiger partial charge on any atom is -0.394 e. The third kappa shape index (κ3) is 7.81. The van der Waals surface area contributed by atoms with E-state index in [1.165, 1.54) is 13.0 Å². The summed E-state index contributed by atoms with van der Waals surface area (Å²) >= 11 is 0. The molecule has 0 aromatic heterocycles. The lowest BCUT2D eigenvalue weighted by molar-refractivity contribution is -0.308. The predicted molar refractivity (Wildman–Crippen MR) is 142 cm³/mol. The van der Waals surface area contributed by atoms with E-state index in [2.05, 4.69) is 5.32 Å². The van der Waals surface area contributed by atoms with Crippen LogP contribution < -0.4 is 5.32 Å². The minimum atomic E-state index is -2.04. The number of rotatable bonds is 13. The molecule has 0 aromatic rings. The lowest BCUT2D eigenvalue weighted by Gasteiger charge is -2.47. The monoisotopic (exact) mass is 643 g/mol. The molecule has 2 aliphatic heterocycles. The van der Waals surface area contributed by atoms with Gasteiger partial charge < -0.3 is 90.3 Å². The quantitative estimate of drug-likeness (QED) is 0.0655. The molecule has 18 heteroatoms. The van der Waals surface area contributed by atoms with Crippen molar-refractivity contribution in [3.63, 3.8) is 0 Å². The van der Waals surface area contributed by atoms with Gasteiger partial charge in [0.1, 0.15) is 61.0 Å². The second-order valence-electron chi connectivity index (χ2n) is 11.4. The molecule has 0 radical (unpaired) electrons. The minimum absolute atomic E-state index is 0.0222. The van der Waals surface area contributed by atoms with Crippen molar-refractivity contribution >= 4 is 6.29 Å². The average molecular weight is 644 g/mol. The van der Waals surface area contributed by atoms with E-state index in [-0.39, 0.29) is 11.9 Å². The van der Waals surface area contributed by atoms with Gasteiger partial charge in [0.2, 0.25) is 0 Å². The van der Waals surface area contributed by atoms with Gasteiger partial charge in [-0.2, -0.15) is 0 Å². The first-order valence-electron chi connectivity index (χ1n) is 14.2. The third-order valence-corrected chi connectivity index (χ3v) is 8.41. The maximum Gasteiger partial charge on any atom is 0.187 e. The van der Waals surface area contributed by atoms with Gasteiger partial charge in [-0.25, -0.2) is 0 Å². The summed E-state index contributed by atoms with van der Waals surface area (Å²) in [5.74, 6) is -0.650. The van der Waals surface area contributed by atoms with Crippen molar-refractivity contribution in [3.8, 4) is 0 Å². The van der Waals surface area contributed by atoms with Crippen molar-refractivity contribution in [2.45, 2.75) is 118 Å². The van der Waals surface area contributed by atoms with Crippen molar-refractivity contribution in [2.24, 2.45) is 5.92 Å². The van der Waals surface area contributed by atoms with E-state index in [9.17, 15) is 66.1 Å². The Hall–Kier alpha value is -1.27. The van der Waals surface area contributed by atoms with E-state index >= 15 is 0 Å². The van der Waals surface area contributed by atoms with Gasteiger partial charge in [-0.15, -0.1) is 0 Å². The summed E-state index contributed by atoms with van der Waals surface area (Å²) in [6, 6.07) is -2.34. The fourth-order valence-electron chi connectivity index (χ4n) is 5.56. The van der Waals surface area contributed by atoms with Gasteiger partial charge in [0.05, 0.1) is 50.2 Å². The SMILES string of the molecule is CC1[C@H](O)C(O)[C@@H](O[C@@H]2C(CO)=C[C@H](N[C@H]3[C@H](O)C(O)C(O[C@H](C(O)CO)[C@H](O)[C@@H](O)C=O)O[C@@H]3C)[C@H](O)C2O)O[C@@H]1CO. The van der Waals surface area contributed by atoms with E-state index in [0.29, 0.717) is 0 Å². The van der Waals surface area contributed by atoms with E-state index < -0.39 is 130 Å². The first-order valence-corrected chi connectivity index (χ1v) is 14.2. The standard InChI is InChI=1S/C26H45NO17/c1-8-14(7-31)42-26(21(39)16(8)34)43-23-10(4-28)3-11(17(35)20(23)38)27-15-9(2)41-25(22(40)19(15)37)44-24(13(33)6-30)18(36)12(32)5-29/h3,5,8-9,11-28,30-40H,4,6-7H2,1-2H3/t8?,9-,11+,12+,13?,14-,15-,16+,17+,18-,19+,20?,21?,22?,23-,24-,25?,26-/m1/s1. The highest BCUT2D eigenvalue weighted by Crippen LogP contribution is 2.32. The molecule has 6 unspecified atom stereocenters. The molecule has 18 nitrogen and oxygen atoms in total. The molecular weight excluding hydrogens is 598 g/mol. The molecule has 18 atom stereocenters. The largest absolute Gasteiger partial charge is 0.394 e. The Kier molecular flexibility index (Phi) is 13.5. The Morgan fingerprint density at radius 3 is 2.09 bits per heavy atom. The topological polar surface area (TPSA) is 309 Å². The van der Waals surface area contributed by atoms with Crippen LogP contribution in [0, 0.1) is 5.92 Å². The Labute approximate surface area is 252 Å². The van der Waals surface area contributed by atoms with Crippen molar-refractivity contribution in [3.05, 3.63) is 11.6 Å². The number of nitrogens with one attached hydrogen (secondary N) is 1. The van der Waals surface area contributed by atoms with Crippen LogP contribution >= 0.6 is 0 Å². The number of carbonyl (C=O) groups excluding carboxylic acids is 1. The Balaban J connectivity index is 1.74. The fourth-order valence-corrected chi connectivity index (χ4v) is 5.56. The molecule has 1 aliphatic carbocycles. The lowest BCUT2D eigenvalue weighted by Crippen LogP contribution is -2.67. The molecule has 256 valence electrons. The summed E-state index contributed by atoms with van der Waals surface area (Å²) in [5, 5.41) is 126. The Morgan fingerprint density at radius 2 is 1.52 bits per heavy atom. The zero-order chi connectivity index (χ0) is 33.0. The third-order valence-electron chi connectivity index (χ3n) is 8.41. The highest BCUT2D eigenvalue weighted by Gasteiger charge is 2.50. The van der Waals surface area contributed by atoms with Crippen molar-refractivity contribution in [1.29, 1.82) is 0 Å². The number of aliphatic hydroxyl groups is 12. The number of ether oxygens (including phenoxy) is 4. The second kappa shape index (κ2) is 16.0. The van der Waals surface area contributed by atoms with Crippen LogP contribution in [0.1, 0.15) is 13.8 Å². The molecule has 2 heterocycles. The molecule has 0 spiro atoms. The molecule has 2 saturated heterocycles. The number of hydrogen-bond acceptors (Lipinski definition) is 18. The van der Waals surface area contributed by atoms with Crippen molar-refractivity contribution in [1.82, 2.24) is 5.32 Å². The van der Waals surface area contributed by atoms with Crippen LogP contribution in [-0.4, -0.2) is 191 Å². The number of hydrogen-bond donors (Lipinski definition) is 13. The summed E-state index contributed by atoms with van der Waals surface area (Å²) in [6.07, 6.45) is -23.0. The maximum atomic E-state index is 10.9. The molecule has 0 bridgehead atoms. The van der Waals surface area contributed by atoms with Crippen LogP contribution in [0.3, 0.4) is 0 Å². The second-order valence-corrected chi connectivity index (χ2v) is 11.4. The number of aldehydes is 1. The maximum absolute atomic E-state index is 10.9. The van der Waals surface area contributed by atoms with Gasteiger partial charge in [0.15, 0.2) is 18.9 Å². The summed E-state index contributed by atoms with van der Waals surface area (Å²) in [5.41, 5.74) is 0.0222. The van der Waals surface area contributed by atoms with Gasteiger partial charge in [-0.1, -0.05) is 13.0 Å². The molecule has 44 heavy (non-hydrogen) atoms. The fraction of sp³-hybridized carbons (Fsp3) is 0.885. The highest BCUT2D eigenvalue weighted by atomic mass is 16.7. The first-order chi connectivity index (χ1) is 20.7. The predicted octanol–water partition coefficient (Wildman–Crippen LogP) is -7.45. The van der Waals surface area contributed by atoms with Gasteiger partial charge in [0, 0.05) is 5.92 Å². The van der Waals surface area contributed by atoms with E-state index in [0.717, 1.165) is 0 Å².